The highest BCUT2D eigenvalue weighted by Gasteiger charge is 1.97. The van der Waals surface area contributed by atoms with Gasteiger partial charge in [0.2, 0.25) is 0 Å². The van der Waals surface area contributed by atoms with Gasteiger partial charge in [-0.25, -0.2) is 8.42 Å². The van der Waals surface area contributed by atoms with Gasteiger partial charge in [-0.15, -0.1) is 0 Å². The average molecular weight is 235 g/mol. The molecule has 0 saturated carbocycles. The second-order valence-corrected chi connectivity index (χ2v) is 4.08. The minimum Gasteiger partial charge on any atom is -0.227 e. The summed E-state index contributed by atoms with van der Waals surface area (Å²) >= 11 is 3.25. The van der Waals surface area contributed by atoms with Crippen LogP contribution in [-0.2, 0) is 10.7 Å². The summed E-state index contributed by atoms with van der Waals surface area (Å²) in [6, 6.07) is 4.96. The van der Waals surface area contributed by atoms with Crippen molar-refractivity contribution in [3.63, 3.8) is 0 Å². The lowest BCUT2D eigenvalue weighted by Crippen LogP contribution is -1.81. The Kier molecular flexibility index (Phi) is 2.67. The number of hydrogen-bond acceptors (Lipinski definition) is 2. The summed E-state index contributed by atoms with van der Waals surface area (Å²) in [4.78, 5) is 0.345. The van der Waals surface area contributed by atoms with Crippen LogP contribution in [0.4, 0.5) is 0 Å². The average Bonchev–Trinajstić information content (AvgIpc) is 1.94. The summed E-state index contributed by atoms with van der Waals surface area (Å²) in [6.45, 7) is 1.91. The van der Waals surface area contributed by atoms with Crippen LogP contribution in [0.2, 0.25) is 0 Å². The van der Waals surface area contributed by atoms with Crippen LogP contribution in [0.1, 0.15) is 5.56 Å². The van der Waals surface area contributed by atoms with Gasteiger partial charge in [-0.1, -0.05) is 22.0 Å². The molecule has 0 atom stereocenters. The Morgan fingerprint density at radius 3 is 2.45 bits per heavy atom. The van der Waals surface area contributed by atoms with Crippen LogP contribution in [0, 0.1) is 6.92 Å². The van der Waals surface area contributed by atoms with E-state index in [1.165, 1.54) is 0 Å². The fourth-order valence-electron chi connectivity index (χ4n) is 0.695. The quantitative estimate of drug-likeness (QED) is 0.752. The van der Waals surface area contributed by atoms with Crippen LogP contribution < -0.4 is 0 Å². The summed E-state index contributed by atoms with van der Waals surface area (Å²) in [5.41, 5.74) is 1.03. The first-order chi connectivity index (χ1) is 5.11. The zero-order valence-corrected chi connectivity index (χ0v) is 8.35. The van der Waals surface area contributed by atoms with E-state index in [1.54, 1.807) is 18.2 Å². The van der Waals surface area contributed by atoms with Crippen molar-refractivity contribution in [2.75, 3.05) is 0 Å². The van der Waals surface area contributed by atoms with Gasteiger partial charge in [-0.2, -0.15) is 0 Å². The van der Waals surface area contributed by atoms with Crippen LogP contribution in [0.3, 0.4) is 0 Å². The number of benzene rings is 1. The molecule has 0 aliphatic carbocycles. The molecule has 0 heterocycles. The summed E-state index contributed by atoms with van der Waals surface area (Å²) in [5.74, 6) is 0. The molecule has 4 heteroatoms. The lowest BCUT2D eigenvalue weighted by atomic mass is 10.2. The lowest BCUT2D eigenvalue weighted by Gasteiger charge is -1.96. The SMILES string of the molecule is Cc1ccc([SH](=O)=O)cc1Br. The first-order valence-electron chi connectivity index (χ1n) is 3.02. The second-order valence-electron chi connectivity index (χ2n) is 2.19. The lowest BCUT2D eigenvalue weighted by molar-refractivity contribution is 0.614. The zero-order chi connectivity index (χ0) is 8.43. The Morgan fingerprint density at radius 2 is 2.00 bits per heavy atom. The normalized spacial score (nSPS) is 10.5. The molecular weight excluding hydrogens is 228 g/mol. The molecule has 0 fully saturated rings. The Balaban J connectivity index is 3.26. The summed E-state index contributed by atoms with van der Waals surface area (Å²) in [6.07, 6.45) is 0. The van der Waals surface area contributed by atoms with Crippen molar-refractivity contribution in [3.8, 4) is 0 Å². The van der Waals surface area contributed by atoms with E-state index in [4.69, 9.17) is 0 Å². The molecule has 0 radical (unpaired) electrons. The molecule has 1 rings (SSSR count). The maximum atomic E-state index is 10.5. The van der Waals surface area contributed by atoms with Crippen molar-refractivity contribution in [2.24, 2.45) is 0 Å². The van der Waals surface area contributed by atoms with E-state index < -0.39 is 10.7 Å². The van der Waals surface area contributed by atoms with Gasteiger partial charge >= 0.3 is 0 Å². The van der Waals surface area contributed by atoms with Gasteiger partial charge in [0.1, 0.15) is 0 Å². The fraction of sp³-hybridized carbons (Fsp3) is 0.143. The van der Waals surface area contributed by atoms with Gasteiger partial charge in [-0.05, 0) is 24.6 Å². The zero-order valence-electron chi connectivity index (χ0n) is 5.87. The molecule has 0 aromatic heterocycles. The standard InChI is InChI=1S/C7H7BrO2S/c1-5-2-3-6(11(9)10)4-7(5)8/h2-4,11H,1H3. The highest BCUT2D eigenvalue weighted by molar-refractivity contribution is 9.10. The first kappa shape index (κ1) is 8.74. The van der Waals surface area contributed by atoms with Gasteiger partial charge in [0.05, 0.1) is 4.90 Å². The van der Waals surface area contributed by atoms with Gasteiger partial charge in [0.15, 0.2) is 10.7 Å². The van der Waals surface area contributed by atoms with Crippen molar-refractivity contribution in [3.05, 3.63) is 28.2 Å². The molecule has 2 nitrogen and oxygen atoms in total. The van der Waals surface area contributed by atoms with E-state index in [0.29, 0.717) is 4.90 Å². The number of thiol groups is 1. The van der Waals surface area contributed by atoms with Gasteiger partial charge in [0, 0.05) is 4.47 Å². The molecule has 11 heavy (non-hydrogen) atoms. The first-order valence-corrected chi connectivity index (χ1v) is 4.99. The highest BCUT2D eigenvalue weighted by atomic mass is 79.9. The fourth-order valence-corrected chi connectivity index (χ4v) is 1.68. The van der Waals surface area contributed by atoms with E-state index >= 15 is 0 Å². The Bertz CT molecular complexity index is 336. The number of rotatable bonds is 1. The molecule has 0 bridgehead atoms. The van der Waals surface area contributed by atoms with Gasteiger partial charge < -0.3 is 0 Å². The molecule has 0 unspecified atom stereocenters. The number of aryl methyl sites for hydroxylation is 1. The van der Waals surface area contributed by atoms with Crippen molar-refractivity contribution >= 4 is 26.6 Å². The van der Waals surface area contributed by atoms with Crippen LogP contribution >= 0.6 is 15.9 Å². The van der Waals surface area contributed by atoms with E-state index in [1.807, 2.05) is 6.92 Å². The predicted octanol–water partition coefficient (Wildman–Crippen LogP) is 1.73. The number of hydrogen-bond donors (Lipinski definition) is 1. The third-order valence-electron chi connectivity index (χ3n) is 1.37. The smallest absolute Gasteiger partial charge is 0.168 e. The molecular formula is C7H7BrO2S. The molecule has 0 spiro atoms. The largest absolute Gasteiger partial charge is 0.227 e. The maximum absolute atomic E-state index is 10.5. The van der Waals surface area contributed by atoms with Crippen LogP contribution in [0.15, 0.2) is 27.6 Å². The third-order valence-corrected chi connectivity index (χ3v) is 2.92. The van der Waals surface area contributed by atoms with E-state index in [2.05, 4.69) is 15.9 Å². The molecule has 60 valence electrons. The van der Waals surface area contributed by atoms with Crippen LogP contribution in [0.25, 0.3) is 0 Å². The molecule has 0 saturated heterocycles. The predicted molar refractivity (Wildman–Crippen MR) is 47.5 cm³/mol. The highest BCUT2D eigenvalue weighted by Crippen LogP contribution is 2.17. The second kappa shape index (κ2) is 3.36. The monoisotopic (exact) mass is 234 g/mol. The van der Waals surface area contributed by atoms with Crippen LogP contribution in [-0.4, -0.2) is 8.42 Å². The molecule has 0 aliphatic rings. The third kappa shape index (κ3) is 2.04. The molecule has 1 aromatic carbocycles. The topological polar surface area (TPSA) is 34.1 Å². The summed E-state index contributed by atoms with van der Waals surface area (Å²) in [5, 5.41) is 0. The Morgan fingerprint density at radius 1 is 1.36 bits per heavy atom. The van der Waals surface area contributed by atoms with Crippen molar-refractivity contribution in [1.82, 2.24) is 0 Å². The summed E-state index contributed by atoms with van der Waals surface area (Å²) < 4.78 is 21.8. The maximum Gasteiger partial charge on any atom is 0.168 e. The van der Waals surface area contributed by atoms with E-state index in [0.717, 1.165) is 10.0 Å². The molecule has 0 N–H and O–H groups in total. The van der Waals surface area contributed by atoms with Gasteiger partial charge in [0.25, 0.3) is 0 Å². The van der Waals surface area contributed by atoms with Crippen LogP contribution in [0.5, 0.6) is 0 Å². The molecule has 1 aromatic rings. The number of halogens is 1. The van der Waals surface area contributed by atoms with Gasteiger partial charge in [-0.3, -0.25) is 0 Å². The van der Waals surface area contributed by atoms with Crippen molar-refractivity contribution < 1.29 is 8.42 Å². The summed E-state index contributed by atoms with van der Waals surface area (Å²) in [7, 11) is -2.45. The molecule has 0 aliphatic heterocycles. The minimum absolute atomic E-state index is 0.345. The van der Waals surface area contributed by atoms with E-state index in [-0.39, 0.29) is 0 Å². The van der Waals surface area contributed by atoms with Crippen molar-refractivity contribution in [1.29, 1.82) is 0 Å². The molecule has 0 amide bonds. The van der Waals surface area contributed by atoms with Crippen molar-refractivity contribution in [2.45, 2.75) is 11.8 Å². The Hall–Kier alpha value is -0.350. The Labute approximate surface area is 75.3 Å². The van der Waals surface area contributed by atoms with E-state index in [9.17, 15) is 8.42 Å². The minimum atomic E-state index is -2.45.